The topological polar surface area (TPSA) is 48.1 Å². The van der Waals surface area contributed by atoms with Crippen molar-refractivity contribution in [3.8, 4) is 0 Å². The Labute approximate surface area is 164 Å². The third kappa shape index (κ3) is 3.14. The highest BCUT2D eigenvalue weighted by molar-refractivity contribution is 6.04. The van der Waals surface area contributed by atoms with Gasteiger partial charge in [0.15, 0.2) is 11.6 Å². The first kappa shape index (κ1) is 17.6. The Morgan fingerprint density at radius 2 is 1.54 bits per heavy atom. The molecule has 0 aliphatic carbocycles. The van der Waals surface area contributed by atoms with Crippen molar-refractivity contribution in [3.05, 3.63) is 83.9 Å². The van der Waals surface area contributed by atoms with E-state index in [0.29, 0.717) is 5.56 Å². The lowest BCUT2D eigenvalue weighted by Crippen LogP contribution is -2.27. The lowest BCUT2D eigenvalue weighted by molar-refractivity contribution is -0.148. The summed E-state index contributed by atoms with van der Waals surface area (Å²) in [6, 6.07) is 23.8. The number of carbonyl (C=O) groups excluding carboxylic acids is 1. The van der Waals surface area contributed by atoms with Crippen LogP contribution in [0.15, 0.2) is 72.8 Å². The fraction of sp³-hybridized carbons (Fsp3) is 0.292. The van der Waals surface area contributed by atoms with Crippen LogP contribution >= 0.6 is 0 Å². The molecule has 2 saturated heterocycles. The highest BCUT2D eigenvalue weighted by atomic mass is 16.8. The number of benzene rings is 3. The molecular weight excluding hydrogens is 352 g/mol. The Bertz CT molecular complexity index is 1030. The van der Waals surface area contributed by atoms with E-state index >= 15 is 0 Å². The third-order valence-electron chi connectivity index (χ3n) is 5.40. The zero-order chi connectivity index (χ0) is 19.3. The fourth-order valence-electron chi connectivity index (χ4n) is 4.02. The summed E-state index contributed by atoms with van der Waals surface area (Å²) in [5.74, 6) is -0.718. The van der Waals surface area contributed by atoms with E-state index in [0.717, 1.165) is 16.3 Å². The van der Waals surface area contributed by atoms with E-state index in [9.17, 15) is 4.79 Å². The Morgan fingerprint density at radius 1 is 0.821 bits per heavy atom. The number of ketones is 1. The number of fused-ring (bicyclic) bond motifs is 1. The van der Waals surface area contributed by atoms with Crippen LogP contribution in [0.4, 0.5) is 0 Å². The first-order valence-corrected chi connectivity index (χ1v) is 9.61. The third-order valence-corrected chi connectivity index (χ3v) is 5.40. The minimum atomic E-state index is -0.715. The fourth-order valence-corrected chi connectivity index (χ4v) is 4.02. The van der Waals surface area contributed by atoms with Crippen molar-refractivity contribution in [1.29, 1.82) is 0 Å². The molecule has 2 fully saturated rings. The largest absolute Gasteiger partial charge is 0.358 e. The molecule has 3 aromatic rings. The van der Waals surface area contributed by atoms with Crippen molar-refractivity contribution in [2.75, 3.05) is 0 Å². The van der Waals surface area contributed by atoms with Gasteiger partial charge in [-0.2, -0.15) is 0 Å². The predicted octanol–water partition coefficient (Wildman–Crippen LogP) is 4.68. The first-order valence-electron chi connectivity index (χ1n) is 9.61. The molecule has 0 N–H and O–H groups in total. The van der Waals surface area contributed by atoms with Crippen molar-refractivity contribution >= 4 is 16.6 Å². The number of hydrogen-bond donors (Lipinski definition) is 0. The van der Waals surface area contributed by atoms with E-state index in [1.165, 1.54) is 0 Å². The summed E-state index contributed by atoms with van der Waals surface area (Å²) in [5.41, 5.74) is 1.70. The van der Waals surface area contributed by atoms with Gasteiger partial charge in [-0.1, -0.05) is 66.7 Å². The maximum absolute atomic E-state index is 13.0. The van der Waals surface area contributed by atoms with Gasteiger partial charge in [-0.25, -0.2) is 0 Å². The molecule has 4 heteroatoms. The number of epoxide rings is 1. The normalized spacial score (nSPS) is 28.4. The van der Waals surface area contributed by atoms with Gasteiger partial charge in [-0.15, -0.1) is 0 Å². The van der Waals surface area contributed by atoms with Crippen molar-refractivity contribution in [2.24, 2.45) is 0 Å². The Kier molecular flexibility index (Phi) is 4.09. The van der Waals surface area contributed by atoms with Crippen molar-refractivity contribution in [2.45, 2.75) is 44.1 Å². The Balaban J connectivity index is 1.38. The Hall–Kier alpha value is -2.53. The number of carbonyl (C=O) groups is 1. The van der Waals surface area contributed by atoms with Crippen LogP contribution < -0.4 is 0 Å². The lowest BCUT2D eigenvalue weighted by atomic mass is 9.97. The number of Topliss-reactive ketones (excluding diaryl/α,β-unsaturated/α-hetero) is 1. The molecule has 2 aliphatic rings. The lowest BCUT2D eigenvalue weighted by Gasteiger charge is -2.16. The van der Waals surface area contributed by atoms with Crippen LogP contribution in [0.3, 0.4) is 0 Å². The number of rotatable bonds is 4. The molecule has 142 valence electrons. The monoisotopic (exact) mass is 374 g/mol. The average Bonchev–Trinajstić information content (AvgIpc) is 3.44. The van der Waals surface area contributed by atoms with E-state index in [1.807, 2.05) is 86.6 Å². The van der Waals surface area contributed by atoms with Gasteiger partial charge in [-0.05, 0) is 36.2 Å². The smallest absolute Gasteiger partial charge is 0.194 e. The quantitative estimate of drug-likeness (QED) is 0.491. The zero-order valence-electron chi connectivity index (χ0n) is 15.9. The van der Waals surface area contributed by atoms with E-state index in [4.69, 9.17) is 14.2 Å². The SMILES string of the molecule is CC1(C)O[C@@H]([C@H]2O[C@H]2C(=O)c2ccc3ccccc3c2)[C@H](c2ccccc2)O1. The van der Waals surface area contributed by atoms with Crippen LogP contribution in [0.5, 0.6) is 0 Å². The predicted molar refractivity (Wildman–Crippen MR) is 106 cm³/mol. The van der Waals surface area contributed by atoms with Gasteiger partial charge in [0.1, 0.15) is 24.4 Å². The summed E-state index contributed by atoms with van der Waals surface area (Å²) in [4.78, 5) is 13.0. The van der Waals surface area contributed by atoms with Gasteiger partial charge in [-0.3, -0.25) is 4.79 Å². The molecule has 0 spiro atoms. The molecule has 28 heavy (non-hydrogen) atoms. The first-order chi connectivity index (χ1) is 13.5. The van der Waals surface area contributed by atoms with Gasteiger partial charge < -0.3 is 14.2 Å². The highest BCUT2D eigenvalue weighted by Crippen LogP contribution is 2.46. The van der Waals surface area contributed by atoms with Gasteiger partial charge in [0.05, 0.1) is 0 Å². The van der Waals surface area contributed by atoms with Gasteiger partial charge in [0, 0.05) is 5.56 Å². The minimum Gasteiger partial charge on any atom is -0.358 e. The van der Waals surface area contributed by atoms with E-state index in [2.05, 4.69) is 0 Å². The molecule has 3 aromatic carbocycles. The van der Waals surface area contributed by atoms with Crippen LogP contribution in [0.2, 0.25) is 0 Å². The summed E-state index contributed by atoms with van der Waals surface area (Å²) >= 11 is 0. The molecule has 0 amide bonds. The molecule has 2 aliphatic heterocycles. The highest BCUT2D eigenvalue weighted by Gasteiger charge is 2.58. The van der Waals surface area contributed by atoms with Crippen LogP contribution in [-0.2, 0) is 14.2 Å². The van der Waals surface area contributed by atoms with E-state index < -0.39 is 11.9 Å². The molecule has 0 aromatic heterocycles. The summed E-state index contributed by atoms with van der Waals surface area (Å²) in [6.07, 6.45) is -1.36. The summed E-state index contributed by atoms with van der Waals surface area (Å²) in [7, 11) is 0. The second-order valence-electron chi connectivity index (χ2n) is 7.88. The summed E-state index contributed by atoms with van der Waals surface area (Å²) < 4.78 is 18.1. The molecule has 0 unspecified atom stereocenters. The molecule has 0 bridgehead atoms. The van der Waals surface area contributed by atoms with Gasteiger partial charge in [0.2, 0.25) is 0 Å². The average molecular weight is 374 g/mol. The zero-order valence-corrected chi connectivity index (χ0v) is 15.9. The summed E-state index contributed by atoms with van der Waals surface area (Å²) in [5, 5.41) is 2.17. The van der Waals surface area contributed by atoms with Crippen LogP contribution in [-0.4, -0.2) is 29.9 Å². The number of hydrogen-bond acceptors (Lipinski definition) is 4. The van der Waals surface area contributed by atoms with Crippen molar-refractivity contribution in [3.63, 3.8) is 0 Å². The van der Waals surface area contributed by atoms with E-state index in [-0.39, 0.29) is 24.1 Å². The second kappa shape index (κ2) is 6.52. The van der Waals surface area contributed by atoms with Crippen LogP contribution in [0.25, 0.3) is 10.8 Å². The molecule has 4 nitrogen and oxygen atoms in total. The maximum Gasteiger partial charge on any atom is 0.194 e. The van der Waals surface area contributed by atoms with Crippen LogP contribution in [0, 0.1) is 0 Å². The minimum absolute atomic E-state index is 0.00382. The molecule has 0 saturated carbocycles. The molecular formula is C24H22O4. The molecule has 5 rings (SSSR count). The molecule has 2 heterocycles. The standard InChI is InChI=1S/C24H22O4/c1-24(2)27-20(16-9-4-3-5-10-16)23(28-24)22-21(26-22)19(25)18-13-12-15-8-6-7-11-17(15)14-18/h3-14,20-23H,1-2H3/t20-,21-,22-,23+/m0/s1. The number of ether oxygens (including phenoxy) is 3. The van der Waals surface area contributed by atoms with Gasteiger partial charge in [0.25, 0.3) is 0 Å². The van der Waals surface area contributed by atoms with E-state index in [1.54, 1.807) is 0 Å². The molecule has 4 atom stereocenters. The van der Waals surface area contributed by atoms with Crippen molar-refractivity contribution in [1.82, 2.24) is 0 Å². The second-order valence-corrected chi connectivity index (χ2v) is 7.88. The van der Waals surface area contributed by atoms with Crippen LogP contribution in [0.1, 0.15) is 35.9 Å². The summed E-state index contributed by atoms with van der Waals surface area (Å²) in [6.45, 7) is 3.79. The van der Waals surface area contributed by atoms with Crippen molar-refractivity contribution < 1.29 is 19.0 Å². The Morgan fingerprint density at radius 3 is 2.32 bits per heavy atom. The maximum atomic E-state index is 13.0. The molecule has 0 radical (unpaired) electrons. The van der Waals surface area contributed by atoms with Gasteiger partial charge >= 0.3 is 0 Å².